The highest BCUT2D eigenvalue weighted by Crippen LogP contribution is 2.57. The second-order valence-corrected chi connectivity index (χ2v) is 3.91. The molecule has 0 saturated heterocycles. The SMILES string of the molecule is CC1(C)C[C]1c1ccccc1. The smallest absolute Gasteiger partial charge is 0.0112 e. The maximum absolute atomic E-state index is 2.30. The van der Waals surface area contributed by atoms with E-state index in [0.29, 0.717) is 5.41 Å². The average Bonchev–Trinajstić information content (AvgIpc) is 2.62. The van der Waals surface area contributed by atoms with E-state index in [1.807, 2.05) is 0 Å². The molecule has 1 aliphatic carbocycles. The lowest BCUT2D eigenvalue weighted by Gasteiger charge is -2.01. The van der Waals surface area contributed by atoms with E-state index in [1.165, 1.54) is 12.0 Å². The third-order valence-corrected chi connectivity index (χ3v) is 2.43. The Bertz CT molecular complexity index is 246. The molecule has 0 bridgehead atoms. The molecule has 57 valence electrons. The second kappa shape index (κ2) is 2.10. The van der Waals surface area contributed by atoms with Gasteiger partial charge in [0.15, 0.2) is 0 Å². The fraction of sp³-hybridized carbons (Fsp3) is 0.364. The van der Waals surface area contributed by atoms with Crippen LogP contribution in [0.4, 0.5) is 0 Å². The zero-order chi connectivity index (χ0) is 7.90. The quantitative estimate of drug-likeness (QED) is 0.569. The van der Waals surface area contributed by atoms with Crippen molar-refractivity contribution < 1.29 is 0 Å². The minimum Gasteiger partial charge on any atom is -0.0622 e. The van der Waals surface area contributed by atoms with Crippen molar-refractivity contribution in [1.29, 1.82) is 0 Å². The molecular weight excluding hydrogens is 132 g/mol. The third kappa shape index (κ3) is 1.18. The minimum atomic E-state index is 0.487. The highest BCUT2D eigenvalue weighted by Gasteiger charge is 2.46. The molecule has 0 nitrogen and oxygen atoms in total. The molecule has 0 unspecified atom stereocenters. The highest BCUT2D eigenvalue weighted by molar-refractivity contribution is 5.43. The van der Waals surface area contributed by atoms with Gasteiger partial charge in [-0.1, -0.05) is 44.2 Å². The van der Waals surface area contributed by atoms with Gasteiger partial charge in [0.2, 0.25) is 0 Å². The Labute approximate surface area is 68.3 Å². The zero-order valence-corrected chi connectivity index (χ0v) is 7.09. The summed E-state index contributed by atoms with van der Waals surface area (Å²) in [7, 11) is 0. The van der Waals surface area contributed by atoms with Crippen molar-refractivity contribution >= 4 is 0 Å². The summed E-state index contributed by atoms with van der Waals surface area (Å²) in [6, 6.07) is 10.7. The summed E-state index contributed by atoms with van der Waals surface area (Å²) < 4.78 is 0. The molecule has 1 aliphatic rings. The molecule has 2 rings (SSSR count). The lowest BCUT2D eigenvalue weighted by atomic mass is 10.0. The van der Waals surface area contributed by atoms with Crippen LogP contribution in [-0.2, 0) is 0 Å². The molecule has 0 amide bonds. The molecule has 0 aliphatic heterocycles. The van der Waals surface area contributed by atoms with Crippen molar-refractivity contribution in [2.24, 2.45) is 5.41 Å². The summed E-state index contributed by atoms with van der Waals surface area (Å²) in [6.45, 7) is 4.60. The van der Waals surface area contributed by atoms with Gasteiger partial charge in [-0.15, -0.1) is 0 Å². The molecule has 0 atom stereocenters. The largest absolute Gasteiger partial charge is 0.0622 e. The summed E-state index contributed by atoms with van der Waals surface area (Å²) in [5.41, 5.74) is 1.92. The normalized spacial score (nSPS) is 21.6. The van der Waals surface area contributed by atoms with Gasteiger partial charge in [-0.05, 0) is 17.4 Å². The number of rotatable bonds is 1. The van der Waals surface area contributed by atoms with Gasteiger partial charge in [0.05, 0.1) is 0 Å². The fourth-order valence-corrected chi connectivity index (χ4v) is 1.53. The zero-order valence-electron chi connectivity index (χ0n) is 7.09. The van der Waals surface area contributed by atoms with E-state index in [4.69, 9.17) is 0 Å². The van der Waals surface area contributed by atoms with Gasteiger partial charge in [-0.25, -0.2) is 0 Å². The van der Waals surface area contributed by atoms with E-state index in [9.17, 15) is 0 Å². The standard InChI is InChI=1S/C11H13/c1-11(2)8-10(11)9-6-4-3-5-7-9/h3-7H,8H2,1-2H3. The van der Waals surface area contributed by atoms with Gasteiger partial charge >= 0.3 is 0 Å². The molecule has 0 heteroatoms. The van der Waals surface area contributed by atoms with Crippen molar-refractivity contribution in [3.8, 4) is 0 Å². The van der Waals surface area contributed by atoms with Crippen molar-refractivity contribution in [3.63, 3.8) is 0 Å². The predicted octanol–water partition coefficient (Wildman–Crippen LogP) is 3.04. The van der Waals surface area contributed by atoms with Crippen LogP contribution in [0.25, 0.3) is 0 Å². The Morgan fingerprint density at radius 3 is 2.09 bits per heavy atom. The molecule has 0 spiro atoms. The highest BCUT2D eigenvalue weighted by atomic mass is 14.5. The summed E-state index contributed by atoms with van der Waals surface area (Å²) >= 11 is 0. The van der Waals surface area contributed by atoms with E-state index in [0.717, 1.165) is 0 Å². The van der Waals surface area contributed by atoms with Crippen LogP contribution < -0.4 is 0 Å². The van der Waals surface area contributed by atoms with Crippen molar-refractivity contribution in [3.05, 3.63) is 41.8 Å². The maximum Gasteiger partial charge on any atom is 0.0112 e. The number of hydrogen-bond acceptors (Lipinski definition) is 0. The maximum atomic E-state index is 2.30. The first-order valence-corrected chi connectivity index (χ1v) is 4.12. The van der Waals surface area contributed by atoms with Gasteiger partial charge in [-0.2, -0.15) is 0 Å². The predicted molar refractivity (Wildman–Crippen MR) is 47.2 cm³/mol. The van der Waals surface area contributed by atoms with Gasteiger partial charge in [0, 0.05) is 5.92 Å². The molecule has 1 radical (unpaired) electrons. The minimum absolute atomic E-state index is 0.487. The Balaban J connectivity index is 2.21. The Morgan fingerprint density at radius 2 is 1.64 bits per heavy atom. The van der Waals surface area contributed by atoms with Gasteiger partial charge in [-0.3, -0.25) is 0 Å². The topological polar surface area (TPSA) is 0 Å². The summed E-state index contributed by atoms with van der Waals surface area (Å²) in [5, 5.41) is 0. The van der Waals surface area contributed by atoms with E-state index < -0.39 is 0 Å². The van der Waals surface area contributed by atoms with Crippen LogP contribution in [0, 0.1) is 11.3 Å². The molecule has 1 aromatic rings. The Kier molecular flexibility index (Phi) is 1.32. The van der Waals surface area contributed by atoms with Crippen LogP contribution in [0.3, 0.4) is 0 Å². The third-order valence-electron chi connectivity index (χ3n) is 2.43. The van der Waals surface area contributed by atoms with Crippen LogP contribution >= 0.6 is 0 Å². The molecular formula is C11H13. The van der Waals surface area contributed by atoms with Gasteiger partial charge < -0.3 is 0 Å². The summed E-state index contributed by atoms with van der Waals surface area (Å²) in [6.07, 6.45) is 1.27. The molecule has 0 N–H and O–H groups in total. The lowest BCUT2D eigenvalue weighted by Crippen LogP contribution is -1.89. The first-order valence-electron chi connectivity index (χ1n) is 4.12. The molecule has 0 heterocycles. The van der Waals surface area contributed by atoms with E-state index in [-0.39, 0.29) is 0 Å². The monoisotopic (exact) mass is 145 g/mol. The number of benzene rings is 1. The van der Waals surface area contributed by atoms with Crippen molar-refractivity contribution in [2.75, 3.05) is 0 Å². The average molecular weight is 145 g/mol. The van der Waals surface area contributed by atoms with E-state index in [1.54, 1.807) is 5.92 Å². The summed E-state index contributed by atoms with van der Waals surface area (Å²) in [4.78, 5) is 0. The molecule has 11 heavy (non-hydrogen) atoms. The van der Waals surface area contributed by atoms with Gasteiger partial charge in [0.25, 0.3) is 0 Å². The van der Waals surface area contributed by atoms with Crippen LogP contribution in [0.1, 0.15) is 25.8 Å². The lowest BCUT2D eigenvalue weighted by molar-refractivity contribution is 0.669. The first-order chi connectivity index (χ1) is 5.20. The van der Waals surface area contributed by atoms with E-state index in [2.05, 4.69) is 44.2 Å². The molecule has 1 fully saturated rings. The van der Waals surface area contributed by atoms with Crippen LogP contribution in [-0.4, -0.2) is 0 Å². The van der Waals surface area contributed by atoms with E-state index >= 15 is 0 Å². The molecule has 0 aromatic heterocycles. The second-order valence-electron chi connectivity index (χ2n) is 3.91. The number of hydrogen-bond donors (Lipinski definition) is 0. The van der Waals surface area contributed by atoms with Crippen LogP contribution in [0.15, 0.2) is 30.3 Å². The summed E-state index contributed by atoms with van der Waals surface area (Å²) in [5.74, 6) is 1.61. The molecule has 1 aromatic carbocycles. The van der Waals surface area contributed by atoms with Crippen molar-refractivity contribution in [1.82, 2.24) is 0 Å². The van der Waals surface area contributed by atoms with Crippen molar-refractivity contribution in [2.45, 2.75) is 20.3 Å². The molecule has 1 saturated carbocycles. The Hall–Kier alpha value is -0.780. The van der Waals surface area contributed by atoms with Crippen LogP contribution in [0.5, 0.6) is 0 Å². The fourth-order valence-electron chi connectivity index (χ4n) is 1.53. The first kappa shape index (κ1) is 6.90. The van der Waals surface area contributed by atoms with Gasteiger partial charge in [0.1, 0.15) is 0 Å². The van der Waals surface area contributed by atoms with Crippen LogP contribution in [0.2, 0.25) is 0 Å². The Morgan fingerprint density at radius 1 is 1.09 bits per heavy atom.